The first-order valence-corrected chi connectivity index (χ1v) is 4.31. The molecule has 3 heteroatoms. The average molecular weight is 190 g/mol. The molecule has 0 aliphatic carbocycles. The zero-order chi connectivity index (χ0) is 10.6. The molecule has 0 fully saturated rings. The molecule has 0 N–H and O–H groups in total. The van der Waals surface area contributed by atoms with Crippen LogP contribution in [0.3, 0.4) is 0 Å². The van der Waals surface area contributed by atoms with Crippen LogP contribution in [0.1, 0.15) is 44.4 Å². The number of carbonyl (C=O) groups excluding carboxylic acids is 3. The first-order chi connectivity index (χ1) is 6.74. The molecule has 72 valence electrons. The Balaban J connectivity index is 3.40. The zero-order valence-corrected chi connectivity index (χ0v) is 7.82. The third kappa shape index (κ3) is 1.76. The Morgan fingerprint density at radius 1 is 1.21 bits per heavy atom. The fraction of sp³-hybridized carbons (Fsp3) is 0.182. The summed E-state index contributed by atoms with van der Waals surface area (Å²) in [6.07, 6.45) is 1.47. The fourth-order valence-corrected chi connectivity index (χ4v) is 1.28. The minimum Gasteiger partial charge on any atom is -0.298 e. The average Bonchev–Trinajstić information content (AvgIpc) is 2.26. The van der Waals surface area contributed by atoms with Crippen molar-refractivity contribution >= 4 is 18.4 Å². The van der Waals surface area contributed by atoms with Gasteiger partial charge in [-0.2, -0.15) is 0 Å². The highest BCUT2D eigenvalue weighted by atomic mass is 16.1. The van der Waals surface area contributed by atoms with Crippen molar-refractivity contribution in [3.8, 4) is 0 Å². The van der Waals surface area contributed by atoms with Gasteiger partial charge in [-0.3, -0.25) is 14.4 Å². The first-order valence-electron chi connectivity index (χ1n) is 4.31. The summed E-state index contributed by atoms with van der Waals surface area (Å²) in [5, 5.41) is 0. The van der Waals surface area contributed by atoms with Gasteiger partial charge in [0.2, 0.25) is 0 Å². The van der Waals surface area contributed by atoms with Crippen LogP contribution in [0.15, 0.2) is 18.2 Å². The van der Waals surface area contributed by atoms with E-state index in [1.807, 2.05) is 0 Å². The van der Waals surface area contributed by atoms with Gasteiger partial charge in [0.05, 0.1) is 0 Å². The van der Waals surface area contributed by atoms with E-state index in [2.05, 4.69) is 0 Å². The zero-order valence-electron chi connectivity index (χ0n) is 7.82. The Morgan fingerprint density at radius 2 is 1.71 bits per heavy atom. The van der Waals surface area contributed by atoms with Gasteiger partial charge in [-0.1, -0.05) is 25.1 Å². The molecule has 1 aromatic rings. The standard InChI is InChI=1S/C11H10O3/c1-2-10(14)11-8(6-12)4-3-5-9(11)7-13/h3-7H,2H2,1H3. The molecule has 0 aliphatic rings. The Kier molecular flexibility index (Phi) is 3.29. The summed E-state index contributed by atoms with van der Waals surface area (Å²) < 4.78 is 0. The molecule has 0 saturated carbocycles. The summed E-state index contributed by atoms with van der Waals surface area (Å²) in [7, 11) is 0. The van der Waals surface area contributed by atoms with Crippen molar-refractivity contribution in [2.24, 2.45) is 0 Å². The van der Waals surface area contributed by atoms with Crippen LogP contribution in [0.25, 0.3) is 0 Å². The Hall–Kier alpha value is -1.77. The number of carbonyl (C=O) groups is 3. The molecule has 0 heterocycles. The number of ketones is 1. The number of hydrogen-bond donors (Lipinski definition) is 0. The maximum Gasteiger partial charge on any atom is 0.164 e. The SMILES string of the molecule is CCC(=O)c1c(C=O)cccc1C=O. The minimum atomic E-state index is -0.185. The molecule has 0 spiro atoms. The number of hydrogen-bond acceptors (Lipinski definition) is 3. The molecule has 0 aromatic heterocycles. The lowest BCUT2D eigenvalue weighted by Gasteiger charge is -2.04. The van der Waals surface area contributed by atoms with Crippen LogP contribution in [-0.2, 0) is 0 Å². The second-order valence-electron chi connectivity index (χ2n) is 2.82. The van der Waals surface area contributed by atoms with Crippen molar-refractivity contribution in [3.05, 3.63) is 34.9 Å². The Morgan fingerprint density at radius 3 is 2.07 bits per heavy atom. The third-order valence-corrected chi connectivity index (χ3v) is 1.98. The molecule has 1 aromatic carbocycles. The van der Waals surface area contributed by atoms with E-state index in [9.17, 15) is 14.4 Å². The summed E-state index contributed by atoms with van der Waals surface area (Å²) in [5.41, 5.74) is 0.794. The maximum atomic E-state index is 11.5. The second kappa shape index (κ2) is 4.46. The van der Waals surface area contributed by atoms with Crippen molar-refractivity contribution in [1.82, 2.24) is 0 Å². The molecular weight excluding hydrogens is 180 g/mol. The van der Waals surface area contributed by atoms with E-state index < -0.39 is 0 Å². The van der Waals surface area contributed by atoms with Gasteiger partial charge in [-0.15, -0.1) is 0 Å². The second-order valence-corrected chi connectivity index (χ2v) is 2.82. The van der Waals surface area contributed by atoms with Crippen LogP contribution < -0.4 is 0 Å². The van der Waals surface area contributed by atoms with E-state index >= 15 is 0 Å². The molecule has 0 aliphatic heterocycles. The maximum absolute atomic E-state index is 11.5. The van der Waals surface area contributed by atoms with E-state index in [-0.39, 0.29) is 28.9 Å². The van der Waals surface area contributed by atoms with Crippen LogP contribution in [0, 0.1) is 0 Å². The minimum absolute atomic E-state index is 0.185. The highest BCUT2D eigenvalue weighted by Crippen LogP contribution is 2.14. The highest BCUT2D eigenvalue weighted by Gasteiger charge is 2.13. The van der Waals surface area contributed by atoms with Crippen molar-refractivity contribution < 1.29 is 14.4 Å². The topological polar surface area (TPSA) is 51.2 Å². The molecule has 0 unspecified atom stereocenters. The van der Waals surface area contributed by atoms with Crippen molar-refractivity contribution in [1.29, 1.82) is 0 Å². The van der Waals surface area contributed by atoms with Crippen LogP contribution in [0.5, 0.6) is 0 Å². The lowest BCUT2D eigenvalue weighted by Crippen LogP contribution is -2.06. The van der Waals surface area contributed by atoms with E-state index in [1.165, 1.54) is 12.1 Å². The van der Waals surface area contributed by atoms with Crippen molar-refractivity contribution in [2.75, 3.05) is 0 Å². The van der Waals surface area contributed by atoms with Gasteiger partial charge in [0.15, 0.2) is 18.4 Å². The monoisotopic (exact) mass is 190 g/mol. The van der Waals surface area contributed by atoms with Gasteiger partial charge < -0.3 is 0 Å². The molecule has 0 saturated heterocycles. The molecule has 0 amide bonds. The smallest absolute Gasteiger partial charge is 0.164 e. The summed E-state index contributed by atoms with van der Waals surface area (Å²) in [5.74, 6) is -0.185. The van der Waals surface area contributed by atoms with Crippen LogP contribution in [0.4, 0.5) is 0 Å². The lowest BCUT2D eigenvalue weighted by atomic mass is 9.97. The van der Waals surface area contributed by atoms with Crippen LogP contribution in [-0.4, -0.2) is 18.4 Å². The lowest BCUT2D eigenvalue weighted by molar-refractivity contribution is 0.0975. The molecule has 0 atom stereocenters. The van der Waals surface area contributed by atoms with Crippen LogP contribution in [0.2, 0.25) is 0 Å². The number of benzene rings is 1. The molecular formula is C11H10O3. The third-order valence-electron chi connectivity index (χ3n) is 1.98. The predicted octanol–water partition coefficient (Wildman–Crippen LogP) is 1.90. The Labute approximate surface area is 81.7 Å². The summed E-state index contributed by atoms with van der Waals surface area (Å²) in [6.45, 7) is 1.69. The largest absolute Gasteiger partial charge is 0.298 e. The number of Topliss-reactive ketones (excluding diaryl/α,β-unsaturated/α-hetero) is 1. The molecule has 3 nitrogen and oxygen atoms in total. The number of aldehydes is 2. The van der Waals surface area contributed by atoms with E-state index in [4.69, 9.17) is 0 Å². The predicted molar refractivity (Wildman–Crippen MR) is 51.8 cm³/mol. The van der Waals surface area contributed by atoms with E-state index in [0.29, 0.717) is 12.6 Å². The number of rotatable bonds is 4. The van der Waals surface area contributed by atoms with Gasteiger partial charge in [-0.05, 0) is 0 Å². The summed E-state index contributed by atoms with van der Waals surface area (Å²) in [6, 6.07) is 4.64. The normalized spacial score (nSPS) is 9.50. The van der Waals surface area contributed by atoms with Gasteiger partial charge in [0, 0.05) is 23.1 Å². The molecule has 0 bridgehead atoms. The molecule has 14 heavy (non-hydrogen) atoms. The van der Waals surface area contributed by atoms with E-state index in [0.717, 1.165) is 0 Å². The fourth-order valence-electron chi connectivity index (χ4n) is 1.28. The summed E-state index contributed by atoms with van der Waals surface area (Å²) in [4.78, 5) is 32.8. The molecule has 0 radical (unpaired) electrons. The summed E-state index contributed by atoms with van der Waals surface area (Å²) >= 11 is 0. The van der Waals surface area contributed by atoms with Gasteiger partial charge in [0.1, 0.15) is 0 Å². The van der Waals surface area contributed by atoms with Crippen molar-refractivity contribution in [2.45, 2.75) is 13.3 Å². The van der Waals surface area contributed by atoms with Crippen LogP contribution >= 0.6 is 0 Å². The first kappa shape index (κ1) is 10.3. The quantitative estimate of drug-likeness (QED) is 0.538. The highest BCUT2D eigenvalue weighted by molar-refractivity contribution is 6.08. The van der Waals surface area contributed by atoms with Gasteiger partial charge >= 0.3 is 0 Å². The molecule has 1 rings (SSSR count). The van der Waals surface area contributed by atoms with Gasteiger partial charge in [-0.25, -0.2) is 0 Å². The van der Waals surface area contributed by atoms with Crippen molar-refractivity contribution in [3.63, 3.8) is 0 Å². The Bertz CT molecular complexity index is 354. The van der Waals surface area contributed by atoms with E-state index in [1.54, 1.807) is 13.0 Å². The van der Waals surface area contributed by atoms with Gasteiger partial charge in [0.25, 0.3) is 0 Å².